The first-order valence-corrected chi connectivity index (χ1v) is 7.89. The van der Waals surface area contributed by atoms with Gasteiger partial charge in [0.1, 0.15) is 6.04 Å². The molecule has 0 fully saturated rings. The number of carbonyl (C=O) groups excluding carboxylic acids is 2. The Labute approximate surface area is 141 Å². The van der Waals surface area contributed by atoms with Crippen molar-refractivity contribution in [3.05, 3.63) is 41.6 Å². The first-order chi connectivity index (χ1) is 11.3. The summed E-state index contributed by atoms with van der Waals surface area (Å²) in [5, 5.41) is 11.8. The second-order valence-electron chi connectivity index (χ2n) is 6.22. The summed E-state index contributed by atoms with van der Waals surface area (Å²) in [6, 6.07) is 6.16. The van der Waals surface area contributed by atoms with E-state index in [1.165, 1.54) is 11.8 Å². The first-order valence-electron chi connectivity index (χ1n) is 7.89. The van der Waals surface area contributed by atoms with E-state index in [0.29, 0.717) is 0 Å². The predicted octanol–water partition coefficient (Wildman–Crippen LogP) is 2.18. The van der Waals surface area contributed by atoms with Crippen LogP contribution in [-0.4, -0.2) is 33.8 Å². The van der Waals surface area contributed by atoms with Crippen LogP contribution in [0, 0.1) is 5.92 Å². The molecule has 0 saturated heterocycles. The van der Waals surface area contributed by atoms with Crippen LogP contribution in [0.1, 0.15) is 44.4 Å². The number of aliphatic carboxylic acids is 1. The Balaban J connectivity index is 2.21. The van der Waals surface area contributed by atoms with Crippen LogP contribution in [0.15, 0.2) is 30.5 Å². The number of rotatable bonds is 5. The predicted molar refractivity (Wildman–Crippen MR) is 89.8 cm³/mol. The molecule has 0 aromatic heterocycles. The van der Waals surface area contributed by atoms with E-state index >= 15 is 0 Å². The zero-order valence-electron chi connectivity index (χ0n) is 14.0. The van der Waals surface area contributed by atoms with Gasteiger partial charge in [-0.25, -0.2) is 4.79 Å². The van der Waals surface area contributed by atoms with Crippen molar-refractivity contribution in [2.75, 3.05) is 0 Å². The Morgan fingerprint density at radius 3 is 2.50 bits per heavy atom. The number of fused-ring (bicyclic) bond motifs is 1. The van der Waals surface area contributed by atoms with Crippen LogP contribution >= 0.6 is 0 Å². The number of nitrogens with zero attached hydrogens (tertiary/aromatic N) is 1. The molecule has 6 nitrogen and oxygen atoms in total. The van der Waals surface area contributed by atoms with Gasteiger partial charge in [0.05, 0.1) is 12.5 Å². The van der Waals surface area contributed by atoms with Gasteiger partial charge in [-0.05, 0) is 23.1 Å². The molecular weight excluding hydrogens is 308 g/mol. The number of nitrogens with one attached hydrogen (secondary N) is 1. The van der Waals surface area contributed by atoms with Crippen molar-refractivity contribution in [2.24, 2.45) is 5.92 Å². The van der Waals surface area contributed by atoms with Gasteiger partial charge in [-0.15, -0.1) is 0 Å². The summed E-state index contributed by atoms with van der Waals surface area (Å²) in [7, 11) is 0. The molecule has 1 aromatic carbocycles. The molecule has 0 aliphatic carbocycles. The maximum atomic E-state index is 12.4. The molecule has 2 amide bonds. The Bertz CT molecular complexity index is 681. The van der Waals surface area contributed by atoms with Crippen molar-refractivity contribution < 1.29 is 19.5 Å². The zero-order valence-corrected chi connectivity index (χ0v) is 14.0. The highest BCUT2D eigenvalue weighted by molar-refractivity contribution is 5.85. The summed E-state index contributed by atoms with van der Waals surface area (Å²) in [6.45, 7) is 4.91. The van der Waals surface area contributed by atoms with Gasteiger partial charge in [-0.1, -0.05) is 38.1 Å². The van der Waals surface area contributed by atoms with Crippen LogP contribution in [0.25, 0.3) is 6.08 Å². The molecule has 1 aliphatic rings. The Kier molecular flexibility index (Phi) is 5.39. The minimum atomic E-state index is -1.06. The molecule has 0 spiro atoms. The van der Waals surface area contributed by atoms with E-state index < -0.39 is 24.0 Å². The van der Waals surface area contributed by atoms with Crippen molar-refractivity contribution in [2.45, 2.75) is 39.3 Å². The summed E-state index contributed by atoms with van der Waals surface area (Å²) < 4.78 is 0. The molecule has 1 aromatic rings. The van der Waals surface area contributed by atoms with Crippen LogP contribution in [0.4, 0.5) is 0 Å². The van der Waals surface area contributed by atoms with Gasteiger partial charge in [-0.3, -0.25) is 9.59 Å². The fraction of sp³-hybridized carbons (Fsp3) is 0.389. The van der Waals surface area contributed by atoms with Crippen molar-refractivity contribution in [3.63, 3.8) is 0 Å². The number of carbonyl (C=O) groups is 3. The highest BCUT2D eigenvalue weighted by Gasteiger charge is 2.30. The number of amides is 2. The second-order valence-corrected chi connectivity index (χ2v) is 6.22. The molecule has 0 saturated carbocycles. The van der Waals surface area contributed by atoms with E-state index in [9.17, 15) is 19.5 Å². The molecule has 128 valence electrons. The van der Waals surface area contributed by atoms with E-state index in [0.717, 1.165) is 11.1 Å². The van der Waals surface area contributed by atoms with Crippen molar-refractivity contribution in [1.82, 2.24) is 10.2 Å². The molecule has 24 heavy (non-hydrogen) atoms. The van der Waals surface area contributed by atoms with Crippen molar-refractivity contribution in [1.29, 1.82) is 0 Å². The van der Waals surface area contributed by atoms with Gasteiger partial charge in [0.2, 0.25) is 11.8 Å². The lowest BCUT2D eigenvalue weighted by Crippen LogP contribution is -2.45. The monoisotopic (exact) mass is 330 g/mol. The summed E-state index contributed by atoms with van der Waals surface area (Å²) >= 11 is 0. The SMILES string of the molecule is CC(=O)N1C=Cc2ccccc2C1CC(=O)N[C@H](C(=O)O)C(C)C. The van der Waals surface area contributed by atoms with E-state index in [4.69, 9.17) is 0 Å². The maximum absolute atomic E-state index is 12.4. The van der Waals surface area contributed by atoms with Gasteiger partial charge >= 0.3 is 5.97 Å². The topological polar surface area (TPSA) is 86.7 Å². The molecule has 2 atom stereocenters. The largest absolute Gasteiger partial charge is 0.480 e. The smallest absolute Gasteiger partial charge is 0.326 e. The van der Waals surface area contributed by atoms with Crippen LogP contribution in [0.3, 0.4) is 0 Å². The molecule has 0 bridgehead atoms. The molecule has 2 N–H and O–H groups in total. The fourth-order valence-corrected chi connectivity index (χ4v) is 2.83. The number of benzene rings is 1. The molecule has 1 unspecified atom stereocenters. The van der Waals surface area contributed by atoms with Crippen LogP contribution < -0.4 is 5.32 Å². The number of carboxylic acid groups (broad SMARTS) is 1. The van der Waals surface area contributed by atoms with Crippen LogP contribution in [-0.2, 0) is 14.4 Å². The molecular formula is C18H22N2O4. The normalized spacial score (nSPS) is 17.3. The summed E-state index contributed by atoms with van der Waals surface area (Å²) in [6.07, 6.45) is 3.51. The third-order valence-electron chi connectivity index (χ3n) is 4.10. The molecule has 1 heterocycles. The Hall–Kier alpha value is -2.63. The summed E-state index contributed by atoms with van der Waals surface area (Å²) in [5.74, 6) is -1.85. The number of hydrogen-bond acceptors (Lipinski definition) is 3. The number of carboxylic acids is 1. The number of hydrogen-bond donors (Lipinski definition) is 2. The first kappa shape index (κ1) is 17.7. The van der Waals surface area contributed by atoms with E-state index in [1.807, 2.05) is 30.3 Å². The summed E-state index contributed by atoms with van der Waals surface area (Å²) in [5.41, 5.74) is 1.83. The molecule has 1 aliphatic heterocycles. The van der Waals surface area contributed by atoms with Gasteiger partial charge < -0.3 is 15.3 Å². The lowest BCUT2D eigenvalue weighted by Gasteiger charge is -2.32. The molecule has 6 heteroatoms. The van der Waals surface area contributed by atoms with Crippen molar-refractivity contribution in [3.8, 4) is 0 Å². The van der Waals surface area contributed by atoms with Crippen LogP contribution in [0.5, 0.6) is 0 Å². The molecule has 2 rings (SSSR count). The second kappa shape index (κ2) is 7.29. The fourth-order valence-electron chi connectivity index (χ4n) is 2.83. The average Bonchev–Trinajstić information content (AvgIpc) is 2.52. The molecule has 0 radical (unpaired) electrons. The highest BCUT2D eigenvalue weighted by atomic mass is 16.4. The quantitative estimate of drug-likeness (QED) is 0.866. The third kappa shape index (κ3) is 3.82. The van der Waals surface area contributed by atoms with Crippen LogP contribution in [0.2, 0.25) is 0 Å². The van der Waals surface area contributed by atoms with E-state index in [2.05, 4.69) is 5.32 Å². The van der Waals surface area contributed by atoms with Gasteiger partial charge in [-0.2, -0.15) is 0 Å². The average molecular weight is 330 g/mol. The van der Waals surface area contributed by atoms with Crippen molar-refractivity contribution >= 4 is 23.9 Å². The standard InChI is InChI=1S/C18H22N2O4/c1-11(2)17(18(23)24)19-16(22)10-15-14-7-5-4-6-13(14)8-9-20(15)12(3)21/h4-9,11,15,17H,10H2,1-3H3,(H,19,22)(H,23,24)/t15?,17-/m0/s1. The van der Waals surface area contributed by atoms with Gasteiger partial charge in [0, 0.05) is 13.1 Å². The zero-order chi connectivity index (χ0) is 17.9. The van der Waals surface area contributed by atoms with Gasteiger partial charge in [0.25, 0.3) is 0 Å². The van der Waals surface area contributed by atoms with E-state index in [1.54, 1.807) is 20.0 Å². The minimum absolute atomic E-state index is 0.0113. The Morgan fingerprint density at radius 2 is 1.92 bits per heavy atom. The summed E-state index contributed by atoms with van der Waals surface area (Å²) in [4.78, 5) is 37.0. The lowest BCUT2D eigenvalue weighted by molar-refractivity contribution is -0.143. The maximum Gasteiger partial charge on any atom is 0.326 e. The minimum Gasteiger partial charge on any atom is -0.480 e. The van der Waals surface area contributed by atoms with E-state index in [-0.39, 0.29) is 18.2 Å². The van der Waals surface area contributed by atoms with Gasteiger partial charge in [0.15, 0.2) is 0 Å². The Morgan fingerprint density at radius 1 is 1.25 bits per heavy atom. The lowest BCUT2D eigenvalue weighted by atomic mass is 9.93. The third-order valence-corrected chi connectivity index (χ3v) is 4.10. The highest BCUT2D eigenvalue weighted by Crippen LogP contribution is 2.32.